The Hall–Kier alpha value is -3.47. The Morgan fingerprint density at radius 1 is 1.12 bits per heavy atom. The topological polar surface area (TPSA) is 113 Å². The highest BCUT2D eigenvalue weighted by atomic mass is 19.4. The van der Waals surface area contributed by atoms with Gasteiger partial charge in [-0.05, 0) is 36.4 Å². The number of benzene rings is 1. The molecular formula is C15H10F3N5O3. The smallest absolute Gasteiger partial charge is 0.403 e. The second-order valence-electron chi connectivity index (χ2n) is 4.95. The highest BCUT2D eigenvalue weighted by Crippen LogP contribution is 2.31. The van der Waals surface area contributed by atoms with Crippen molar-refractivity contribution in [2.45, 2.75) is 6.18 Å². The molecule has 11 heteroatoms. The molecule has 0 spiro atoms. The second kappa shape index (κ2) is 6.80. The van der Waals surface area contributed by atoms with E-state index in [1.165, 1.54) is 35.9 Å². The van der Waals surface area contributed by atoms with Crippen molar-refractivity contribution in [2.24, 2.45) is 0 Å². The third-order valence-corrected chi connectivity index (χ3v) is 3.25. The van der Waals surface area contributed by atoms with E-state index in [1.807, 2.05) is 0 Å². The van der Waals surface area contributed by atoms with Crippen LogP contribution in [0.5, 0.6) is 0 Å². The summed E-state index contributed by atoms with van der Waals surface area (Å²) in [5, 5.41) is 18.8. The van der Waals surface area contributed by atoms with E-state index in [-0.39, 0.29) is 28.9 Å². The maximum atomic E-state index is 12.6. The molecule has 2 aromatic heterocycles. The largest absolute Gasteiger partial charge is 0.416 e. The van der Waals surface area contributed by atoms with Crippen molar-refractivity contribution in [3.63, 3.8) is 0 Å². The Bertz CT molecular complexity index is 925. The minimum atomic E-state index is -4.44. The van der Waals surface area contributed by atoms with Crippen molar-refractivity contribution in [3.05, 3.63) is 53.9 Å². The van der Waals surface area contributed by atoms with Crippen molar-refractivity contribution in [1.29, 1.82) is 0 Å². The molecular weight excluding hydrogens is 355 g/mol. The van der Waals surface area contributed by atoms with Crippen LogP contribution in [-0.4, -0.2) is 26.3 Å². The van der Waals surface area contributed by atoms with Gasteiger partial charge < -0.3 is 9.73 Å². The van der Waals surface area contributed by atoms with Gasteiger partial charge in [-0.25, -0.2) is 10.5 Å². The van der Waals surface area contributed by atoms with Crippen molar-refractivity contribution >= 4 is 17.6 Å². The summed E-state index contributed by atoms with van der Waals surface area (Å²) in [7, 11) is 0. The van der Waals surface area contributed by atoms with E-state index in [4.69, 9.17) is 9.62 Å². The molecule has 8 nitrogen and oxygen atoms in total. The van der Waals surface area contributed by atoms with E-state index in [2.05, 4.69) is 20.5 Å². The van der Waals surface area contributed by atoms with Gasteiger partial charge in [0.25, 0.3) is 5.91 Å². The normalized spacial score (nSPS) is 11.2. The van der Waals surface area contributed by atoms with E-state index < -0.39 is 17.6 Å². The number of halogens is 3. The molecule has 26 heavy (non-hydrogen) atoms. The number of anilines is 2. The molecule has 0 aliphatic rings. The van der Waals surface area contributed by atoms with Gasteiger partial charge in [-0.1, -0.05) is 5.10 Å². The fraction of sp³-hybridized carbons (Fsp3) is 0.0667. The molecule has 0 bridgehead atoms. The number of carbonyl (C=O) groups excluding carboxylic acids is 1. The average Bonchev–Trinajstić information content (AvgIpc) is 3.09. The summed E-state index contributed by atoms with van der Waals surface area (Å²) in [5.74, 6) is -0.867. The minimum absolute atomic E-state index is 0.0155. The molecule has 3 N–H and O–H groups in total. The average molecular weight is 365 g/mol. The van der Waals surface area contributed by atoms with E-state index in [9.17, 15) is 18.0 Å². The molecule has 0 atom stereocenters. The molecule has 3 rings (SSSR count). The van der Waals surface area contributed by atoms with E-state index in [1.54, 1.807) is 0 Å². The molecule has 0 aliphatic carbocycles. The van der Waals surface area contributed by atoms with Gasteiger partial charge in [-0.15, -0.1) is 5.10 Å². The van der Waals surface area contributed by atoms with Crippen LogP contribution in [0.1, 0.15) is 16.1 Å². The molecule has 3 aromatic rings. The summed E-state index contributed by atoms with van der Waals surface area (Å²) >= 11 is 0. The third-order valence-electron chi connectivity index (χ3n) is 3.25. The van der Waals surface area contributed by atoms with Gasteiger partial charge in [0.1, 0.15) is 0 Å². The van der Waals surface area contributed by atoms with Crippen LogP contribution in [0.15, 0.2) is 47.0 Å². The highest BCUT2D eigenvalue weighted by Gasteiger charge is 2.30. The predicted octanol–water partition coefficient (Wildman–Crippen LogP) is 3.01. The lowest BCUT2D eigenvalue weighted by molar-refractivity contribution is -0.137. The van der Waals surface area contributed by atoms with Crippen molar-refractivity contribution in [1.82, 2.24) is 20.7 Å². The van der Waals surface area contributed by atoms with Gasteiger partial charge in [0.2, 0.25) is 5.89 Å². The molecule has 0 saturated heterocycles. The number of nitrogens with one attached hydrogen (secondary N) is 2. The Balaban J connectivity index is 1.82. The van der Waals surface area contributed by atoms with Crippen molar-refractivity contribution in [2.75, 3.05) is 5.32 Å². The molecule has 0 saturated carbocycles. The van der Waals surface area contributed by atoms with Crippen LogP contribution >= 0.6 is 0 Å². The molecule has 1 amide bonds. The summed E-state index contributed by atoms with van der Waals surface area (Å²) in [5.41, 5.74) is 1.01. The maximum Gasteiger partial charge on any atom is 0.416 e. The lowest BCUT2D eigenvalue weighted by Crippen LogP contribution is -2.21. The lowest BCUT2D eigenvalue weighted by Gasteiger charge is -2.06. The highest BCUT2D eigenvalue weighted by molar-refractivity contribution is 5.97. The molecule has 0 radical (unpaired) electrons. The Morgan fingerprint density at radius 3 is 2.50 bits per heavy atom. The second-order valence-corrected chi connectivity index (χ2v) is 4.95. The maximum absolute atomic E-state index is 12.6. The number of rotatable bonds is 4. The van der Waals surface area contributed by atoms with Crippen molar-refractivity contribution in [3.8, 4) is 11.5 Å². The van der Waals surface area contributed by atoms with Crippen LogP contribution in [0.3, 0.4) is 0 Å². The number of hydroxylamine groups is 1. The van der Waals surface area contributed by atoms with Crippen LogP contribution in [0.2, 0.25) is 0 Å². The van der Waals surface area contributed by atoms with E-state index >= 15 is 0 Å². The number of carbonyl (C=O) groups is 1. The quantitative estimate of drug-likeness (QED) is 0.481. The molecule has 2 heterocycles. The monoisotopic (exact) mass is 365 g/mol. The number of amides is 1. The van der Waals surface area contributed by atoms with Gasteiger partial charge in [0, 0.05) is 11.8 Å². The predicted molar refractivity (Wildman–Crippen MR) is 81.5 cm³/mol. The van der Waals surface area contributed by atoms with Crippen LogP contribution < -0.4 is 10.8 Å². The van der Waals surface area contributed by atoms with Crippen molar-refractivity contribution < 1.29 is 27.6 Å². The Morgan fingerprint density at radius 2 is 1.85 bits per heavy atom. The minimum Gasteiger partial charge on any atom is -0.403 e. The molecule has 0 fully saturated rings. The summed E-state index contributed by atoms with van der Waals surface area (Å²) in [6.45, 7) is 0. The number of pyridine rings is 1. The SMILES string of the molecule is O=C(NO)c1ncccc1Nc1nnc(-c2ccc(C(F)(F)F)cc2)o1. The first-order valence-electron chi connectivity index (χ1n) is 7.06. The molecule has 1 aromatic carbocycles. The van der Waals surface area contributed by atoms with Gasteiger partial charge >= 0.3 is 12.2 Å². The molecule has 0 unspecified atom stereocenters. The summed E-state index contributed by atoms with van der Waals surface area (Å²) in [6, 6.07) is 7.11. The Labute approximate surface area is 143 Å². The zero-order valence-electron chi connectivity index (χ0n) is 12.8. The number of alkyl halides is 3. The summed E-state index contributed by atoms with van der Waals surface area (Å²) in [4.78, 5) is 15.4. The lowest BCUT2D eigenvalue weighted by atomic mass is 10.1. The molecule has 134 valence electrons. The first-order valence-corrected chi connectivity index (χ1v) is 7.06. The fourth-order valence-electron chi connectivity index (χ4n) is 2.05. The zero-order chi connectivity index (χ0) is 18.7. The fourth-order valence-corrected chi connectivity index (χ4v) is 2.05. The first-order chi connectivity index (χ1) is 12.4. The van der Waals surface area contributed by atoms with Gasteiger partial charge in [0.05, 0.1) is 11.3 Å². The first kappa shape index (κ1) is 17.4. The van der Waals surface area contributed by atoms with Crippen LogP contribution in [0.25, 0.3) is 11.5 Å². The van der Waals surface area contributed by atoms with E-state index in [0.29, 0.717) is 0 Å². The number of aromatic nitrogens is 3. The summed E-state index contributed by atoms with van der Waals surface area (Å²) < 4.78 is 43.1. The summed E-state index contributed by atoms with van der Waals surface area (Å²) in [6.07, 6.45) is -3.10. The van der Waals surface area contributed by atoms with Gasteiger partial charge in [-0.3, -0.25) is 10.0 Å². The zero-order valence-corrected chi connectivity index (χ0v) is 12.8. The Kier molecular flexibility index (Phi) is 4.54. The molecule has 0 aliphatic heterocycles. The van der Waals surface area contributed by atoms with Crippen LogP contribution in [-0.2, 0) is 6.18 Å². The van der Waals surface area contributed by atoms with Gasteiger partial charge in [-0.2, -0.15) is 13.2 Å². The standard InChI is InChI=1S/C15H10F3N5O3/c16-15(17,18)9-5-3-8(4-6-9)13-21-22-14(26-13)20-10-2-1-7-19-11(10)12(24)23-25/h1-7,25H,(H,20,22)(H,23,24). The van der Waals surface area contributed by atoms with E-state index in [0.717, 1.165) is 12.1 Å². The van der Waals surface area contributed by atoms with Crippen LogP contribution in [0, 0.1) is 0 Å². The number of hydrogen-bond acceptors (Lipinski definition) is 7. The van der Waals surface area contributed by atoms with Gasteiger partial charge in [0.15, 0.2) is 5.69 Å². The third kappa shape index (κ3) is 3.62. The number of hydrogen-bond donors (Lipinski definition) is 3. The van der Waals surface area contributed by atoms with Crippen LogP contribution in [0.4, 0.5) is 24.9 Å². The number of nitrogens with zero attached hydrogens (tertiary/aromatic N) is 3.